The van der Waals surface area contributed by atoms with Crippen molar-refractivity contribution in [3.63, 3.8) is 0 Å². The monoisotopic (exact) mass is 246 g/mol. The molecule has 0 aliphatic heterocycles. The van der Waals surface area contributed by atoms with E-state index in [9.17, 15) is 0 Å². The molecule has 0 unspecified atom stereocenters. The molecule has 3 N–H and O–H groups in total. The second-order valence-corrected chi connectivity index (χ2v) is 4.05. The zero-order valence-corrected chi connectivity index (χ0v) is 10.9. The second-order valence-electron chi connectivity index (χ2n) is 4.05. The standard InChI is InChI=1S/C12H18N6/c1-4-9-6-10(5-2)18(17-9)12-7-11(16-13)14-8(3)15-12/h6-7H,4-5,13H2,1-3H3,(H,14,15,16). The minimum Gasteiger partial charge on any atom is -0.308 e. The molecular formula is C12H18N6. The Morgan fingerprint density at radius 1 is 1.22 bits per heavy atom. The largest absolute Gasteiger partial charge is 0.308 e. The predicted molar refractivity (Wildman–Crippen MR) is 70.5 cm³/mol. The zero-order chi connectivity index (χ0) is 13.1. The first-order chi connectivity index (χ1) is 8.67. The third kappa shape index (κ3) is 2.33. The third-order valence-corrected chi connectivity index (χ3v) is 2.75. The van der Waals surface area contributed by atoms with E-state index < -0.39 is 0 Å². The number of hydrogen-bond acceptors (Lipinski definition) is 5. The maximum absolute atomic E-state index is 5.40. The smallest absolute Gasteiger partial charge is 0.159 e. The van der Waals surface area contributed by atoms with Crippen LogP contribution in [0.2, 0.25) is 0 Å². The van der Waals surface area contributed by atoms with E-state index in [0.717, 1.165) is 30.0 Å². The van der Waals surface area contributed by atoms with Gasteiger partial charge >= 0.3 is 0 Å². The van der Waals surface area contributed by atoms with Gasteiger partial charge in [-0.05, 0) is 25.8 Å². The first-order valence-electron chi connectivity index (χ1n) is 6.08. The summed E-state index contributed by atoms with van der Waals surface area (Å²) in [5, 5.41) is 4.54. The summed E-state index contributed by atoms with van der Waals surface area (Å²) in [6.45, 7) is 6.02. The molecule has 0 radical (unpaired) electrons. The van der Waals surface area contributed by atoms with Crippen molar-refractivity contribution < 1.29 is 0 Å². The fourth-order valence-corrected chi connectivity index (χ4v) is 1.83. The molecule has 0 aromatic carbocycles. The highest BCUT2D eigenvalue weighted by atomic mass is 15.3. The Morgan fingerprint density at radius 3 is 2.61 bits per heavy atom. The van der Waals surface area contributed by atoms with E-state index in [0.29, 0.717) is 11.6 Å². The van der Waals surface area contributed by atoms with E-state index in [1.165, 1.54) is 0 Å². The number of aryl methyl sites for hydroxylation is 3. The number of nitrogens with one attached hydrogen (secondary N) is 1. The molecule has 96 valence electrons. The van der Waals surface area contributed by atoms with Crippen LogP contribution in [0.25, 0.3) is 5.82 Å². The average molecular weight is 246 g/mol. The van der Waals surface area contributed by atoms with Gasteiger partial charge in [-0.1, -0.05) is 13.8 Å². The van der Waals surface area contributed by atoms with Gasteiger partial charge in [-0.3, -0.25) is 0 Å². The summed E-state index contributed by atoms with van der Waals surface area (Å²) in [5.74, 6) is 7.39. The zero-order valence-electron chi connectivity index (χ0n) is 10.9. The van der Waals surface area contributed by atoms with Crippen molar-refractivity contribution in [1.82, 2.24) is 19.7 Å². The molecule has 2 heterocycles. The minimum atomic E-state index is 0.591. The van der Waals surface area contributed by atoms with Crippen LogP contribution in [0.3, 0.4) is 0 Å². The Kier molecular flexibility index (Phi) is 3.57. The Morgan fingerprint density at radius 2 is 2.00 bits per heavy atom. The van der Waals surface area contributed by atoms with Crippen LogP contribution in [0.5, 0.6) is 0 Å². The lowest BCUT2D eigenvalue weighted by Gasteiger charge is -2.07. The van der Waals surface area contributed by atoms with Gasteiger partial charge in [0.1, 0.15) is 11.6 Å². The molecule has 2 aromatic rings. The first-order valence-corrected chi connectivity index (χ1v) is 6.08. The van der Waals surface area contributed by atoms with Gasteiger partial charge in [0, 0.05) is 11.8 Å². The maximum Gasteiger partial charge on any atom is 0.159 e. The summed E-state index contributed by atoms with van der Waals surface area (Å²) in [6.07, 6.45) is 1.81. The highest BCUT2D eigenvalue weighted by Gasteiger charge is 2.10. The molecule has 6 nitrogen and oxygen atoms in total. The Hall–Kier alpha value is -1.95. The van der Waals surface area contributed by atoms with Crippen LogP contribution in [-0.4, -0.2) is 19.7 Å². The van der Waals surface area contributed by atoms with Crippen molar-refractivity contribution in [3.8, 4) is 5.82 Å². The lowest BCUT2D eigenvalue weighted by molar-refractivity contribution is 0.763. The fraction of sp³-hybridized carbons (Fsp3) is 0.417. The number of nitrogens with zero attached hydrogens (tertiary/aromatic N) is 4. The molecule has 2 aromatic heterocycles. The van der Waals surface area contributed by atoms with Gasteiger partial charge in [0.05, 0.1) is 5.69 Å². The van der Waals surface area contributed by atoms with Crippen molar-refractivity contribution in [1.29, 1.82) is 0 Å². The van der Waals surface area contributed by atoms with E-state index >= 15 is 0 Å². The lowest BCUT2D eigenvalue weighted by Crippen LogP contribution is -2.12. The van der Waals surface area contributed by atoms with E-state index in [1.807, 2.05) is 11.6 Å². The average Bonchev–Trinajstić information content (AvgIpc) is 2.81. The maximum atomic E-state index is 5.40. The molecule has 0 saturated heterocycles. The van der Waals surface area contributed by atoms with E-state index in [2.05, 4.69) is 40.4 Å². The van der Waals surface area contributed by atoms with E-state index in [1.54, 1.807) is 6.07 Å². The van der Waals surface area contributed by atoms with Crippen LogP contribution in [0.15, 0.2) is 12.1 Å². The van der Waals surface area contributed by atoms with Gasteiger partial charge in [-0.15, -0.1) is 0 Å². The third-order valence-electron chi connectivity index (χ3n) is 2.75. The van der Waals surface area contributed by atoms with Gasteiger partial charge < -0.3 is 5.43 Å². The van der Waals surface area contributed by atoms with E-state index in [-0.39, 0.29) is 0 Å². The van der Waals surface area contributed by atoms with Gasteiger partial charge in [-0.25, -0.2) is 20.5 Å². The van der Waals surface area contributed by atoms with Crippen LogP contribution in [0.4, 0.5) is 5.82 Å². The highest BCUT2D eigenvalue weighted by molar-refractivity contribution is 5.41. The molecule has 18 heavy (non-hydrogen) atoms. The molecule has 0 bridgehead atoms. The van der Waals surface area contributed by atoms with Crippen LogP contribution in [-0.2, 0) is 12.8 Å². The molecule has 0 fully saturated rings. The minimum absolute atomic E-state index is 0.591. The number of rotatable bonds is 4. The molecular weight excluding hydrogens is 228 g/mol. The first kappa shape index (κ1) is 12.5. The topological polar surface area (TPSA) is 81.7 Å². The van der Waals surface area contributed by atoms with Crippen LogP contribution < -0.4 is 11.3 Å². The van der Waals surface area contributed by atoms with E-state index in [4.69, 9.17) is 5.84 Å². The molecule has 0 aliphatic rings. The predicted octanol–water partition coefficient (Wildman–Crippen LogP) is 1.38. The lowest BCUT2D eigenvalue weighted by atomic mass is 10.2. The summed E-state index contributed by atoms with van der Waals surface area (Å²) >= 11 is 0. The van der Waals surface area contributed by atoms with Gasteiger partial charge in [0.2, 0.25) is 0 Å². The number of nitrogen functional groups attached to an aromatic ring is 1. The van der Waals surface area contributed by atoms with Gasteiger partial charge in [-0.2, -0.15) is 5.10 Å². The molecule has 0 amide bonds. The summed E-state index contributed by atoms with van der Waals surface area (Å²) in [5.41, 5.74) is 4.74. The molecule has 2 rings (SSSR count). The molecule has 0 aliphatic carbocycles. The van der Waals surface area contributed by atoms with Crippen LogP contribution in [0.1, 0.15) is 31.1 Å². The number of hydrazine groups is 1. The highest BCUT2D eigenvalue weighted by Crippen LogP contribution is 2.14. The van der Waals surface area contributed by atoms with Crippen molar-refractivity contribution in [2.24, 2.45) is 5.84 Å². The summed E-state index contributed by atoms with van der Waals surface area (Å²) < 4.78 is 1.86. The van der Waals surface area contributed by atoms with Crippen LogP contribution >= 0.6 is 0 Å². The number of nitrogens with two attached hydrogens (primary N) is 1. The molecule has 0 saturated carbocycles. The molecule has 6 heteroatoms. The molecule has 0 atom stereocenters. The number of aromatic nitrogens is 4. The summed E-state index contributed by atoms with van der Waals surface area (Å²) in [4.78, 5) is 8.57. The van der Waals surface area contributed by atoms with Gasteiger partial charge in [0.25, 0.3) is 0 Å². The van der Waals surface area contributed by atoms with Crippen molar-refractivity contribution >= 4 is 5.82 Å². The number of hydrogen-bond donors (Lipinski definition) is 2. The van der Waals surface area contributed by atoms with Crippen molar-refractivity contribution in [2.45, 2.75) is 33.6 Å². The Bertz CT molecular complexity index is 545. The van der Waals surface area contributed by atoms with Crippen molar-refractivity contribution in [3.05, 3.63) is 29.3 Å². The number of anilines is 1. The molecule has 0 spiro atoms. The van der Waals surface area contributed by atoms with Crippen LogP contribution in [0, 0.1) is 6.92 Å². The van der Waals surface area contributed by atoms with Crippen molar-refractivity contribution in [2.75, 3.05) is 5.43 Å². The fourth-order valence-electron chi connectivity index (χ4n) is 1.83. The SMILES string of the molecule is CCc1cc(CC)n(-c2cc(NN)nc(C)n2)n1. The van der Waals surface area contributed by atoms with Gasteiger partial charge in [0.15, 0.2) is 5.82 Å². The summed E-state index contributed by atoms with van der Waals surface area (Å²) in [6, 6.07) is 3.89. The Labute approximate surface area is 106 Å². The quantitative estimate of drug-likeness (QED) is 0.629. The second kappa shape index (κ2) is 5.14. The Balaban J connectivity index is 2.53. The normalized spacial score (nSPS) is 10.7. The summed E-state index contributed by atoms with van der Waals surface area (Å²) in [7, 11) is 0.